The fourth-order valence-corrected chi connectivity index (χ4v) is 7.35. The molecule has 41 heavy (non-hydrogen) atoms. The van der Waals surface area contributed by atoms with Crippen LogP contribution in [0.5, 0.6) is 0 Å². The van der Waals surface area contributed by atoms with Crippen molar-refractivity contribution in [2.75, 3.05) is 18.8 Å². The Morgan fingerprint density at radius 1 is 1.02 bits per heavy atom. The topological polar surface area (TPSA) is 109 Å². The molecule has 7 rings (SSSR count). The molecule has 3 fully saturated rings. The molecule has 3 saturated carbocycles. The van der Waals surface area contributed by atoms with Crippen LogP contribution in [-0.2, 0) is 11.8 Å². The largest absolute Gasteiger partial charge is 0.391 e. The van der Waals surface area contributed by atoms with E-state index in [1.807, 2.05) is 12.3 Å². The van der Waals surface area contributed by atoms with Crippen molar-refractivity contribution in [3.63, 3.8) is 0 Å². The number of nitrogen functional groups attached to an aromatic ring is 1. The minimum atomic E-state index is -0.355. The first-order chi connectivity index (χ1) is 19.7. The van der Waals surface area contributed by atoms with E-state index in [-0.39, 0.29) is 17.6 Å². The Hall–Kier alpha value is -2.97. The molecule has 218 valence electrons. The predicted molar refractivity (Wildman–Crippen MR) is 164 cm³/mol. The number of aliphatic hydroxyl groups excluding tert-OH is 1. The van der Waals surface area contributed by atoms with E-state index >= 15 is 0 Å². The van der Waals surface area contributed by atoms with Gasteiger partial charge in [-0.1, -0.05) is 26.8 Å². The Morgan fingerprint density at radius 2 is 1.83 bits per heavy atom. The third-order valence-electron chi connectivity index (χ3n) is 10.1. The number of H-pyrrole nitrogens is 1. The van der Waals surface area contributed by atoms with Crippen LogP contribution in [0.4, 0.5) is 5.82 Å². The molecule has 0 unspecified atom stereocenters. The second-order valence-corrected chi connectivity index (χ2v) is 14.3. The van der Waals surface area contributed by atoms with Gasteiger partial charge in [0.05, 0.1) is 28.6 Å². The van der Waals surface area contributed by atoms with Crippen molar-refractivity contribution in [2.45, 2.75) is 95.7 Å². The van der Waals surface area contributed by atoms with Gasteiger partial charge in [0.2, 0.25) is 0 Å². The number of nitrogens with one attached hydrogen (secondary N) is 1. The second kappa shape index (κ2) is 10.4. The average molecular weight is 556 g/mol. The number of aromatic nitrogens is 5. The van der Waals surface area contributed by atoms with E-state index < -0.39 is 0 Å². The lowest BCUT2D eigenvalue weighted by Gasteiger charge is -2.44. The van der Waals surface area contributed by atoms with Crippen LogP contribution in [0.3, 0.4) is 0 Å². The van der Waals surface area contributed by atoms with Gasteiger partial charge in [0.25, 0.3) is 0 Å². The lowest BCUT2D eigenvalue weighted by Crippen LogP contribution is -2.47. The van der Waals surface area contributed by atoms with Crippen molar-refractivity contribution in [2.24, 2.45) is 17.8 Å². The molecule has 0 aliphatic heterocycles. The van der Waals surface area contributed by atoms with Gasteiger partial charge in [-0.25, -0.2) is 15.0 Å². The smallest absolute Gasteiger partial charge is 0.145 e. The molecule has 8 nitrogen and oxygen atoms in total. The molecule has 4 N–H and O–H groups in total. The van der Waals surface area contributed by atoms with E-state index in [1.165, 1.54) is 50.5 Å². The van der Waals surface area contributed by atoms with Crippen LogP contribution in [0.1, 0.15) is 83.1 Å². The normalized spacial score (nSPS) is 26.8. The molecule has 0 radical (unpaired) electrons. The monoisotopic (exact) mass is 555 g/mol. The highest BCUT2D eigenvalue weighted by molar-refractivity contribution is 5.86. The van der Waals surface area contributed by atoms with Gasteiger partial charge in [-0.15, -0.1) is 0 Å². The van der Waals surface area contributed by atoms with Gasteiger partial charge in [-0.2, -0.15) is 0 Å². The van der Waals surface area contributed by atoms with Gasteiger partial charge in [0.15, 0.2) is 0 Å². The molecule has 1 aromatic carbocycles. The number of nitrogens with zero attached hydrogens (tertiary/aromatic N) is 5. The Bertz CT molecular complexity index is 1520. The minimum Gasteiger partial charge on any atom is -0.391 e. The molecule has 3 aliphatic rings. The zero-order chi connectivity index (χ0) is 28.3. The molecule has 8 heteroatoms. The molecule has 3 aliphatic carbocycles. The Balaban J connectivity index is 0.951. The Labute approximate surface area is 242 Å². The summed E-state index contributed by atoms with van der Waals surface area (Å²) in [5.41, 5.74) is 10.6. The summed E-state index contributed by atoms with van der Waals surface area (Å²) in [6.45, 7) is 9.08. The van der Waals surface area contributed by atoms with Crippen LogP contribution < -0.4 is 5.73 Å². The fourth-order valence-electron chi connectivity index (χ4n) is 7.35. The summed E-state index contributed by atoms with van der Waals surface area (Å²) in [6.07, 6.45) is 12.6. The Kier molecular flexibility index (Phi) is 6.81. The van der Waals surface area contributed by atoms with E-state index in [1.54, 1.807) is 0 Å². The number of anilines is 1. The van der Waals surface area contributed by atoms with Crippen molar-refractivity contribution < 1.29 is 5.11 Å². The highest BCUT2D eigenvalue weighted by atomic mass is 16.3. The van der Waals surface area contributed by atoms with E-state index in [0.717, 1.165) is 65.5 Å². The summed E-state index contributed by atoms with van der Waals surface area (Å²) in [4.78, 5) is 19.9. The average Bonchev–Trinajstić information content (AvgIpc) is 3.28. The quantitative estimate of drug-likeness (QED) is 0.247. The van der Waals surface area contributed by atoms with Crippen LogP contribution >= 0.6 is 0 Å². The van der Waals surface area contributed by atoms with Crippen molar-refractivity contribution >= 4 is 27.9 Å². The van der Waals surface area contributed by atoms with Gasteiger partial charge >= 0.3 is 0 Å². The van der Waals surface area contributed by atoms with Gasteiger partial charge in [0, 0.05) is 31.7 Å². The maximum Gasteiger partial charge on any atom is 0.145 e. The fraction of sp³-hybridized carbons (Fsp3) is 0.606. The SMILES string of the molecule is CC(C)(C)c1ccc2[nH]c(CC[C@H]3C[C@H](N(CC4CC4)C[C@@H]4C[C@@H](O)[C@H](n5ccc6c(N)ncnc65)C4)C3)nc2c1. The van der Waals surface area contributed by atoms with E-state index in [0.29, 0.717) is 17.8 Å². The number of aliphatic hydroxyl groups is 1. The molecule has 3 atom stereocenters. The van der Waals surface area contributed by atoms with Gasteiger partial charge in [-0.05, 0) is 91.9 Å². The number of imidazole rings is 1. The molecule has 0 saturated heterocycles. The maximum absolute atomic E-state index is 11.1. The van der Waals surface area contributed by atoms with Crippen molar-refractivity contribution in [1.82, 2.24) is 29.4 Å². The summed E-state index contributed by atoms with van der Waals surface area (Å²) in [6, 6.07) is 9.37. The summed E-state index contributed by atoms with van der Waals surface area (Å²) < 4.78 is 2.13. The third-order valence-corrected chi connectivity index (χ3v) is 10.1. The number of fused-ring (bicyclic) bond motifs is 2. The van der Waals surface area contributed by atoms with E-state index in [4.69, 9.17) is 10.7 Å². The van der Waals surface area contributed by atoms with Crippen LogP contribution in [0.25, 0.3) is 22.1 Å². The summed E-state index contributed by atoms with van der Waals surface area (Å²) in [5.74, 6) is 3.77. The molecule has 0 bridgehead atoms. The number of benzene rings is 1. The summed E-state index contributed by atoms with van der Waals surface area (Å²) in [5, 5.41) is 12.0. The molecule has 0 spiro atoms. The molecular formula is C33H45N7O. The summed E-state index contributed by atoms with van der Waals surface area (Å²) in [7, 11) is 0. The highest BCUT2D eigenvalue weighted by Gasteiger charge is 2.40. The molecule has 3 heterocycles. The maximum atomic E-state index is 11.1. The molecule has 0 amide bonds. The molecular weight excluding hydrogens is 510 g/mol. The first-order valence-electron chi connectivity index (χ1n) is 15.7. The lowest BCUT2D eigenvalue weighted by molar-refractivity contribution is 0.0549. The minimum absolute atomic E-state index is 0.0481. The second-order valence-electron chi connectivity index (χ2n) is 14.3. The van der Waals surface area contributed by atoms with Crippen molar-refractivity contribution in [3.05, 3.63) is 48.2 Å². The first-order valence-corrected chi connectivity index (χ1v) is 15.7. The van der Waals surface area contributed by atoms with E-state index in [2.05, 4.69) is 63.4 Å². The molecule has 4 aromatic rings. The van der Waals surface area contributed by atoms with Gasteiger partial charge < -0.3 is 20.4 Å². The van der Waals surface area contributed by atoms with Crippen molar-refractivity contribution in [1.29, 1.82) is 0 Å². The zero-order valence-corrected chi connectivity index (χ0v) is 24.8. The lowest BCUT2D eigenvalue weighted by atomic mass is 9.76. The zero-order valence-electron chi connectivity index (χ0n) is 24.8. The number of hydrogen-bond donors (Lipinski definition) is 3. The molecule has 3 aromatic heterocycles. The number of nitrogens with two attached hydrogens (primary N) is 1. The predicted octanol–water partition coefficient (Wildman–Crippen LogP) is 5.62. The van der Waals surface area contributed by atoms with Crippen LogP contribution in [0.15, 0.2) is 36.8 Å². The number of aromatic amines is 1. The van der Waals surface area contributed by atoms with Gasteiger partial charge in [0.1, 0.15) is 23.6 Å². The van der Waals surface area contributed by atoms with Crippen molar-refractivity contribution in [3.8, 4) is 0 Å². The highest BCUT2D eigenvalue weighted by Crippen LogP contribution is 2.42. The standard InChI is InChI=1S/C33H45N7O/c1-33(2,3)23-7-8-26-27(16-23)38-30(37-26)9-6-21-12-24(13-21)39(17-20-4-5-20)18-22-14-28(29(41)15-22)40-11-10-25-31(34)35-19-36-32(25)40/h7-8,10-11,16,19-22,24,28-29,41H,4-6,9,12-15,17-18H2,1-3H3,(H,37,38)(H2,34,35,36)/t21-,22-,24-,28+,29+/m0/s1. The number of aryl methyl sites for hydroxylation is 1. The number of hydrogen-bond acceptors (Lipinski definition) is 6. The van der Waals surface area contributed by atoms with Crippen LogP contribution in [0, 0.1) is 17.8 Å². The first kappa shape index (κ1) is 26.9. The number of rotatable bonds is 9. The summed E-state index contributed by atoms with van der Waals surface area (Å²) >= 11 is 0. The third kappa shape index (κ3) is 5.48. The van der Waals surface area contributed by atoms with Gasteiger partial charge in [-0.3, -0.25) is 4.90 Å². The Morgan fingerprint density at radius 3 is 2.61 bits per heavy atom. The van der Waals surface area contributed by atoms with Crippen LogP contribution in [0.2, 0.25) is 0 Å². The van der Waals surface area contributed by atoms with E-state index in [9.17, 15) is 5.11 Å². The van der Waals surface area contributed by atoms with Crippen LogP contribution in [-0.4, -0.2) is 59.7 Å².